The molecule has 1 aromatic heterocycles. The van der Waals surface area contributed by atoms with Gasteiger partial charge in [-0.2, -0.15) is 0 Å². The van der Waals surface area contributed by atoms with Crippen molar-refractivity contribution in [1.29, 1.82) is 0 Å². The van der Waals surface area contributed by atoms with Gasteiger partial charge in [0.25, 0.3) is 7.82 Å². The van der Waals surface area contributed by atoms with E-state index in [1.54, 1.807) is 0 Å². The molecule has 0 saturated heterocycles. The van der Waals surface area contributed by atoms with Gasteiger partial charge in [-0.1, -0.05) is 103 Å². The number of carbonyl (C=O) groups excluding carboxylic acids is 2. The van der Waals surface area contributed by atoms with Crippen molar-refractivity contribution in [3.8, 4) is 0 Å². The number of likely N-dealkylation sites (N-methyl/N-ethyl adjacent to an activating group) is 1. The van der Waals surface area contributed by atoms with Gasteiger partial charge in [0.2, 0.25) is 0 Å². The first kappa shape index (κ1) is 55.0. The summed E-state index contributed by atoms with van der Waals surface area (Å²) in [5.41, 5.74) is 2.58. The molecule has 1 unspecified atom stereocenters. The zero-order chi connectivity index (χ0) is 43.9. The van der Waals surface area contributed by atoms with Crippen LogP contribution < -0.4 is 4.89 Å². The van der Waals surface area contributed by atoms with E-state index in [1.165, 1.54) is 43.2 Å². The van der Waals surface area contributed by atoms with Crippen LogP contribution in [0.1, 0.15) is 178 Å². The van der Waals surface area contributed by atoms with Gasteiger partial charge in [-0.15, -0.1) is 0 Å². The van der Waals surface area contributed by atoms with Gasteiger partial charge in [0.15, 0.2) is 6.10 Å². The second-order valence-corrected chi connectivity index (χ2v) is 18.7. The summed E-state index contributed by atoms with van der Waals surface area (Å²) in [4.78, 5) is 37.7. The van der Waals surface area contributed by atoms with Crippen LogP contribution in [0.4, 0.5) is 0 Å². The van der Waals surface area contributed by atoms with Crippen molar-refractivity contribution in [2.24, 2.45) is 0 Å². The predicted octanol–water partition coefficient (Wildman–Crippen LogP) is 9.54. The topological polar surface area (TPSA) is 165 Å². The van der Waals surface area contributed by atoms with Crippen LogP contribution in [0.5, 0.6) is 0 Å². The maximum atomic E-state index is 12.7. The highest BCUT2D eigenvalue weighted by Crippen LogP contribution is 2.38. The number of ether oxygens (including phenoxy) is 2. The minimum absolute atomic E-state index is 0.0663. The Morgan fingerprint density at radius 3 is 1.86 bits per heavy atom. The summed E-state index contributed by atoms with van der Waals surface area (Å²) >= 11 is 0. The fourth-order valence-corrected chi connectivity index (χ4v) is 7.35. The molecule has 1 rings (SSSR count). The molecule has 0 amide bonds. The summed E-state index contributed by atoms with van der Waals surface area (Å²) < 4.78 is 40.1. The van der Waals surface area contributed by atoms with E-state index in [0.717, 1.165) is 95.0 Å². The molecule has 344 valence electrons. The average molecular weight is 858 g/mol. The third-order valence-electron chi connectivity index (χ3n) is 10.7. The van der Waals surface area contributed by atoms with Crippen LogP contribution in [0, 0.1) is 13.8 Å². The minimum Gasteiger partial charge on any atom is -0.756 e. The number of aliphatic hydroxyl groups excluding tert-OH is 2. The van der Waals surface area contributed by atoms with Gasteiger partial charge in [0.05, 0.1) is 40.0 Å². The van der Waals surface area contributed by atoms with Crippen LogP contribution in [0.2, 0.25) is 0 Å². The lowest BCUT2D eigenvalue weighted by molar-refractivity contribution is -0.870. The summed E-state index contributed by atoms with van der Waals surface area (Å²) in [5, 5.41) is 20.5. The van der Waals surface area contributed by atoms with E-state index in [-0.39, 0.29) is 26.1 Å². The monoisotopic (exact) mass is 858 g/mol. The standard InChI is InChI=1S/C46H84NO11P/c1-8-10-12-13-17-23-28-41(48)42(49)29-24-18-16-21-27-33-46(51)57-40(37-56-59(52,53)55-35-34-47(5,6)7)36-54-45(50)32-26-20-15-14-19-25-31-44-39(4)38(3)43(58-44)30-22-11-9-2/h17,23,40-42,48-49H,8-16,18-22,24-37H2,1-7H3/b23-17-/t40-,41+,42+/m1/s1. The molecule has 1 aromatic rings. The lowest BCUT2D eigenvalue weighted by Gasteiger charge is -2.28. The third-order valence-corrected chi connectivity index (χ3v) is 11.7. The Balaban J connectivity index is 2.42. The van der Waals surface area contributed by atoms with E-state index in [2.05, 4.69) is 33.8 Å². The molecule has 2 N–H and O–H groups in total. The molecule has 0 aliphatic carbocycles. The van der Waals surface area contributed by atoms with Gasteiger partial charge in [-0.05, 0) is 76.3 Å². The molecule has 0 aliphatic heterocycles. The Bertz CT molecular complexity index is 1320. The van der Waals surface area contributed by atoms with Gasteiger partial charge in [0.1, 0.15) is 31.3 Å². The lowest BCUT2D eigenvalue weighted by Crippen LogP contribution is -2.37. The molecule has 0 bridgehead atoms. The molecule has 13 heteroatoms. The van der Waals surface area contributed by atoms with Gasteiger partial charge in [-0.25, -0.2) is 0 Å². The molecule has 0 radical (unpaired) electrons. The largest absolute Gasteiger partial charge is 0.756 e. The number of aryl methyl sites for hydroxylation is 2. The molecular weight excluding hydrogens is 773 g/mol. The number of rotatable bonds is 38. The van der Waals surface area contributed by atoms with Crippen molar-refractivity contribution in [2.45, 2.75) is 200 Å². The molecule has 1 heterocycles. The molecule has 59 heavy (non-hydrogen) atoms. The molecule has 12 nitrogen and oxygen atoms in total. The predicted molar refractivity (Wildman–Crippen MR) is 233 cm³/mol. The maximum Gasteiger partial charge on any atom is 0.306 e. The number of furan rings is 1. The highest BCUT2D eigenvalue weighted by atomic mass is 31.2. The van der Waals surface area contributed by atoms with Crippen LogP contribution in [0.3, 0.4) is 0 Å². The zero-order valence-electron chi connectivity index (χ0n) is 38.1. The number of aliphatic hydroxyl groups is 2. The SMILES string of the molecule is CCCCC/C=C\C[C@H](O)[C@@H](O)CCCCCCCC(=O)O[C@H](COC(=O)CCCCCCCCc1oc(CCCCC)c(C)c1C)COP(=O)([O-])OCC[N+](C)(C)C. The number of carbonyl (C=O) groups is 2. The number of esters is 2. The van der Waals surface area contributed by atoms with Crippen molar-refractivity contribution in [3.05, 3.63) is 34.8 Å². The number of quaternary nitrogens is 1. The highest BCUT2D eigenvalue weighted by Gasteiger charge is 2.22. The average Bonchev–Trinajstić information content (AvgIpc) is 3.44. The highest BCUT2D eigenvalue weighted by molar-refractivity contribution is 7.45. The third kappa shape index (κ3) is 29.0. The number of phosphoric ester groups is 1. The van der Waals surface area contributed by atoms with Crippen molar-refractivity contribution >= 4 is 19.8 Å². The minimum atomic E-state index is -4.68. The molecule has 4 atom stereocenters. The normalized spacial score (nSPS) is 14.7. The zero-order valence-corrected chi connectivity index (χ0v) is 39.0. The van der Waals surface area contributed by atoms with Crippen molar-refractivity contribution < 1.29 is 56.7 Å². The molecule has 0 spiro atoms. The van der Waals surface area contributed by atoms with Gasteiger partial charge in [-0.3, -0.25) is 14.2 Å². The number of unbranched alkanes of at least 4 members (excludes halogenated alkanes) is 14. The molecule has 0 aliphatic rings. The Kier molecular flexibility index (Phi) is 30.4. The number of phosphoric acid groups is 1. The lowest BCUT2D eigenvalue weighted by atomic mass is 10.0. The van der Waals surface area contributed by atoms with Crippen LogP contribution >= 0.6 is 7.82 Å². The Morgan fingerprint density at radius 2 is 1.25 bits per heavy atom. The van der Waals surface area contributed by atoms with E-state index in [9.17, 15) is 29.3 Å². The van der Waals surface area contributed by atoms with Crippen molar-refractivity contribution in [2.75, 3.05) is 47.5 Å². The molecule has 0 saturated carbocycles. The Labute approximate surface area is 358 Å². The number of hydrogen-bond donors (Lipinski definition) is 2. The van der Waals surface area contributed by atoms with Gasteiger partial charge >= 0.3 is 11.9 Å². The van der Waals surface area contributed by atoms with Gasteiger partial charge in [0, 0.05) is 25.7 Å². The smallest absolute Gasteiger partial charge is 0.306 e. The van der Waals surface area contributed by atoms with Crippen LogP contribution in [-0.2, 0) is 45.5 Å². The number of hydrogen-bond acceptors (Lipinski definition) is 11. The fraction of sp³-hybridized carbons (Fsp3) is 0.826. The summed E-state index contributed by atoms with van der Waals surface area (Å²) in [6.07, 6.45) is 22.3. The van der Waals surface area contributed by atoms with Crippen molar-refractivity contribution in [1.82, 2.24) is 0 Å². The second kappa shape index (κ2) is 32.6. The van der Waals surface area contributed by atoms with Crippen LogP contribution in [-0.4, -0.2) is 92.5 Å². The van der Waals surface area contributed by atoms with E-state index < -0.39 is 44.7 Å². The second-order valence-electron chi connectivity index (χ2n) is 17.3. The van der Waals surface area contributed by atoms with Gasteiger partial charge < -0.3 is 42.5 Å². The van der Waals surface area contributed by atoms with Crippen LogP contribution in [0.25, 0.3) is 0 Å². The summed E-state index contributed by atoms with van der Waals surface area (Å²) in [6.45, 7) is 8.22. The molecule has 0 aromatic carbocycles. The maximum absolute atomic E-state index is 12.7. The van der Waals surface area contributed by atoms with E-state index in [0.29, 0.717) is 36.7 Å². The summed E-state index contributed by atoms with van der Waals surface area (Å²) in [6, 6.07) is 0. The Hall–Kier alpha value is -2.05. The number of allylic oxidation sites excluding steroid dienone is 1. The van der Waals surface area contributed by atoms with E-state index >= 15 is 0 Å². The fourth-order valence-electron chi connectivity index (χ4n) is 6.62. The summed E-state index contributed by atoms with van der Waals surface area (Å²) in [7, 11) is 1.04. The molecular formula is C46H84NO11P. The van der Waals surface area contributed by atoms with E-state index in [1.807, 2.05) is 27.2 Å². The van der Waals surface area contributed by atoms with E-state index in [4.69, 9.17) is 22.9 Å². The number of nitrogens with zero attached hydrogens (tertiary/aromatic N) is 1. The quantitative estimate of drug-likeness (QED) is 0.0214. The first-order valence-corrected chi connectivity index (χ1v) is 24.4. The summed E-state index contributed by atoms with van der Waals surface area (Å²) in [5.74, 6) is 1.28. The Morgan fingerprint density at radius 1 is 0.712 bits per heavy atom. The van der Waals surface area contributed by atoms with Crippen molar-refractivity contribution in [3.63, 3.8) is 0 Å². The molecule has 0 fully saturated rings. The van der Waals surface area contributed by atoms with Crippen LogP contribution in [0.15, 0.2) is 16.6 Å². The first-order valence-electron chi connectivity index (χ1n) is 22.9. The first-order chi connectivity index (χ1) is 28.1.